The molecule has 0 saturated carbocycles. The maximum absolute atomic E-state index is 13.8. The highest BCUT2D eigenvalue weighted by Crippen LogP contribution is 2.34. The Hall–Kier alpha value is -3.37. The van der Waals surface area contributed by atoms with E-state index < -0.39 is 12.0 Å². The van der Waals surface area contributed by atoms with Gasteiger partial charge < -0.3 is 18.9 Å². The molecule has 0 aliphatic carbocycles. The van der Waals surface area contributed by atoms with Gasteiger partial charge in [-0.2, -0.15) is 0 Å². The van der Waals surface area contributed by atoms with Crippen LogP contribution in [0.25, 0.3) is 6.08 Å². The second-order valence-corrected chi connectivity index (χ2v) is 9.90. The average Bonchev–Trinajstić information content (AvgIpc) is 3.19. The number of allylic oxidation sites excluding steroid dienone is 1. The van der Waals surface area contributed by atoms with E-state index in [1.165, 1.54) is 11.3 Å². The van der Waals surface area contributed by atoms with E-state index in [4.69, 9.17) is 18.9 Å². The van der Waals surface area contributed by atoms with Gasteiger partial charge in [0.05, 0.1) is 49.3 Å². The minimum Gasteiger partial charge on any atom is -0.497 e. The Labute approximate surface area is 226 Å². The van der Waals surface area contributed by atoms with Crippen LogP contribution in [0.3, 0.4) is 0 Å². The maximum Gasteiger partial charge on any atom is 0.338 e. The Bertz CT molecular complexity index is 1560. The number of ether oxygens (including phenoxy) is 4. The largest absolute Gasteiger partial charge is 0.497 e. The summed E-state index contributed by atoms with van der Waals surface area (Å²) in [6.07, 6.45) is 1.78. The molecule has 0 amide bonds. The van der Waals surface area contributed by atoms with Gasteiger partial charge in [0.1, 0.15) is 5.75 Å². The third-order valence-corrected chi connectivity index (χ3v) is 7.47. The molecule has 0 N–H and O–H groups in total. The number of hydrogen-bond acceptors (Lipinski definition) is 8. The molecule has 37 heavy (non-hydrogen) atoms. The van der Waals surface area contributed by atoms with E-state index in [-0.39, 0.29) is 12.2 Å². The lowest BCUT2D eigenvalue weighted by atomic mass is 9.95. The fourth-order valence-electron chi connectivity index (χ4n) is 4.15. The Morgan fingerprint density at radius 2 is 1.92 bits per heavy atom. The molecule has 0 spiro atoms. The molecule has 1 aliphatic rings. The second-order valence-electron chi connectivity index (χ2n) is 8.04. The van der Waals surface area contributed by atoms with Gasteiger partial charge >= 0.3 is 5.97 Å². The first-order valence-corrected chi connectivity index (χ1v) is 13.3. The number of carbonyl (C=O) groups is 1. The smallest absolute Gasteiger partial charge is 0.338 e. The SMILES string of the molecule is CCOC(=O)C1=C(C)N=c2s/c(=C/c3cc(OCC)c(OC)cc3Br)c(=O)n2C1c1cccc(OC)c1. The number of fused-ring (bicyclic) bond motifs is 1. The molecular weight excluding hydrogens is 560 g/mol. The lowest BCUT2D eigenvalue weighted by Crippen LogP contribution is -2.39. The Morgan fingerprint density at radius 3 is 2.59 bits per heavy atom. The van der Waals surface area contributed by atoms with Crippen LogP contribution < -0.4 is 29.1 Å². The number of esters is 1. The first-order valence-electron chi connectivity index (χ1n) is 11.7. The third-order valence-electron chi connectivity index (χ3n) is 5.80. The second kappa shape index (κ2) is 11.4. The quantitative estimate of drug-likeness (QED) is 0.371. The van der Waals surface area contributed by atoms with Crippen molar-refractivity contribution in [3.05, 3.63) is 83.0 Å². The molecule has 2 heterocycles. The summed E-state index contributed by atoms with van der Waals surface area (Å²) in [7, 11) is 3.14. The highest BCUT2D eigenvalue weighted by atomic mass is 79.9. The van der Waals surface area contributed by atoms with E-state index in [1.54, 1.807) is 44.8 Å². The number of thiazole rings is 1. The van der Waals surface area contributed by atoms with Crippen molar-refractivity contribution in [2.24, 2.45) is 4.99 Å². The topological polar surface area (TPSA) is 88.4 Å². The van der Waals surface area contributed by atoms with Crippen LogP contribution in [0.1, 0.15) is 37.9 Å². The minimum absolute atomic E-state index is 0.207. The van der Waals surface area contributed by atoms with Gasteiger partial charge in [-0.25, -0.2) is 9.79 Å². The molecule has 1 aromatic heterocycles. The monoisotopic (exact) mass is 586 g/mol. The van der Waals surface area contributed by atoms with Gasteiger partial charge in [-0.3, -0.25) is 9.36 Å². The van der Waals surface area contributed by atoms with E-state index in [1.807, 2.05) is 37.3 Å². The predicted octanol–water partition coefficient (Wildman–Crippen LogP) is 3.98. The first-order chi connectivity index (χ1) is 17.8. The van der Waals surface area contributed by atoms with Crippen LogP contribution >= 0.6 is 27.3 Å². The van der Waals surface area contributed by atoms with Crippen LogP contribution in [0, 0.1) is 0 Å². The zero-order valence-electron chi connectivity index (χ0n) is 21.2. The highest BCUT2D eigenvalue weighted by molar-refractivity contribution is 9.10. The van der Waals surface area contributed by atoms with Gasteiger partial charge in [0.15, 0.2) is 16.3 Å². The van der Waals surface area contributed by atoms with Crippen LogP contribution in [-0.4, -0.2) is 38.0 Å². The van der Waals surface area contributed by atoms with Gasteiger partial charge in [0, 0.05) is 4.47 Å². The number of halogens is 1. The van der Waals surface area contributed by atoms with Crippen molar-refractivity contribution in [1.82, 2.24) is 4.57 Å². The zero-order valence-corrected chi connectivity index (χ0v) is 23.6. The van der Waals surface area contributed by atoms with Crippen molar-refractivity contribution >= 4 is 39.3 Å². The number of nitrogens with zero attached hydrogens (tertiary/aromatic N) is 2. The number of hydrogen-bond donors (Lipinski definition) is 0. The Morgan fingerprint density at radius 1 is 1.14 bits per heavy atom. The van der Waals surface area contributed by atoms with Gasteiger partial charge in [0.25, 0.3) is 5.56 Å². The van der Waals surface area contributed by atoms with Gasteiger partial charge in [-0.1, -0.05) is 39.4 Å². The summed E-state index contributed by atoms with van der Waals surface area (Å²) in [5.41, 5.74) is 2.01. The molecule has 4 rings (SSSR count). The molecule has 0 bridgehead atoms. The van der Waals surface area contributed by atoms with Gasteiger partial charge in [0.2, 0.25) is 0 Å². The normalized spacial score (nSPS) is 15.2. The van der Waals surface area contributed by atoms with Crippen LogP contribution in [0.2, 0.25) is 0 Å². The Balaban J connectivity index is 1.95. The number of methoxy groups -OCH3 is 2. The van der Waals surface area contributed by atoms with E-state index in [0.717, 1.165) is 10.0 Å². The van der Waals surface area contributed by atoms with Crippen molar-refractivity contribution in [2.75, 3.05) is 27.4 Å². The molecule has 0 radical (unpaired) electrons. The summed E-state index contributed by atoms with van der Waals surface area (Å²) in [5.74, 6) is 1.26. The molecule has 3 aromatic rings. The van der Waals surface area contributed by atoms with Crippen molar-refractivity contribution in [3.8, 4) is 17.2 Å². The molecule has 1 atom stereocenters. The number of aromatic nitrogens is 1. The summed E-state index contributed by atoms with van der Waals surface area (Å²) in [4.78, 5) is 32.0. The number of benzene rings is 2. The molecule has 10 heteroatoms. The fraction of sp³-hybridized carbons (Fsp3) is 0.296. The van der Waals surface area contributed by atoms with E-state index in [2.05, 4.69) is 20.9 Å². The molecule has 1 unspecified atom stereocenters. The fourth-order valence-corrected chi connectivity index (χ4v) is 5.62. The van der Waals surface area contributed by atoms with Crippen molar-refractivity contribution < 1.29 is 23.7 Å². The van der Waals surface area contributed by atoms with E-state index in [9.17, 15) is 9.59 Å². The van der Waals surface area contributed by atoms with Crippen LogP contribution in [0.4, 0.5) is 0 Å². The zero-order chi connectivity index (χ0) is 26.7. The molecule has 0 fully saturated rings. The summed E-state index contributed by atoms with van der Waals surface area (Å²) in [6.45, 7) is 6.06. The average molecular weight is 587 g/mol. The summed E-state index contributed by atoms with van der Waals surface area (Å²) in [6, 6.07) is 10.2. The lowest BCUT2D eigenvalue weighted by molar-refractivity contribution is -0.139. The molecular formula is C27H27BrN2O6S. The maximum atomic E-state index is 13.8. The molecule has 0 saturated heterocycles. The van der Waals surface area contributed by atoms with Crippen LogP contribution in [-0.2, 0) is 9.53 Å². The van der Waals surface area contributed by atoms with Crippen LogP contribution in [0.5, 0.6) is 17.2 Å². The molecule has 1 aliphatic heterocycles. The molecule has 8 nitrogen and oxygen atoms in total. The molecule has 2 aromatic carbocycles. The van der Waals surface area contributed by atoms with E-state index in [0.29, 0.717) is 50.0 Å². The number of rotatable bonds is 8. The summed E-state index contributed by atoms with van der Waals surface area (Å²) in [5, 5.41) is 0. The van der Waals surface area contributed by atoms with Crippen molar-refractivity contribution in [3.63, 3.8) is 0 Å². The minimum atomic E-state index is -0.717. The third kappa shape index (κ3) is 5.21. The van der Waals surface area contributed by atoms with Crippen molar-refractivity contribution in [1.29, 1.82) is 0 Å². The molecule has 194 valence electrons. The van der Waals surface area contributed by atoms with Gasteiger partial charge in [-0.05, 0) is 62.2 Å². The van der Waals surface area contributed by atoms with Gasteiger partial charge in [-0.15, -0.1) is 0 Å². The lowest BCUT2D eigenvalue weighted by Gasteiger charge is -2.25. The Kier molecular flexibility index (Phi) is 8.19. The standard InChI is InChI=1S/C27H27BrN2O6S/c1-6-35-21-12-17(19(28)14-20(21)34-5)13-22-25(31)30-24(16-9-8-10-18(11-16)33-4)23(26(32)36-7-2)15(3)29-27(30)37-22/h8-14,24H,6-7H2,1-5H3/b22-13+. The summed E-state index contributed by atoms with van der Waals surface area (Å²) >= 11 is 4.82. The summed E-state index contributed by atoms with van der Waals surface area (Å²) < 4.78 is 24.6. The number of carbonyl (C=O) groups excluding carboxylic acids is 1. The highest BCUT2D eigenvalue weighted by Gasteiger charge is 2.33. The van der Waals surface area contributed by atoms with Crippen molar-refractivity contribution in [2.45, 2.75) is 26.8 Å². The van der Waals surface area contributed by atoms with E-state index >= 15 is 0 Å². The first kappa shape index (κ1) is 26.7. The predicted molar refractivity (Wildman–Crippen MR) is 145 cm³/mol. The van der Waals surface area contributed by atoms with Crippen LogP contribution in [0.15, 0.2) is 61.9 Å².